The number of rotatable bonds is 6. The van der Waals surface area contributed by atoms with E-state index in [1.165, 1.54) is 16.2 Å². The van der Waals surface area contributed by atoms with Gasteiger partial charge in [-0.2, -0.15) is 0 Å². The van der Waals surface area contributed by atoms with Crippen LogP contribution in [-0.4, -0.2) is 51.6 Å². The molecule has 2 rings (SSSR count). The molecule has 0 atom stereocenters. The summed E-state index contributed by atoms with van der Waals surface area (Å²) in [6, 6.07) is 0. The van der Waals surface area contributed by atoms with Crippen LogP contribution in [0.5, 0.6) is 0 Å². The molecule has 132 valence electrons. The Kier molecular flexibility index (Phi) is 6.33. The number of amides is 2. The molecule has 0 aliphatic heterocycles. The molecule has 1 aromatic heterocycles. The molecule has 1 aliphatic rings. The molecule has 8 heteroatoms. The molecule has 1 aliphatic carbocycles. The number of likely N-dealkylation sites (N-methyl/N-ethyl adjacent to an activating group) is 1. The summed E-state index contributed by atoms with van der Waals surface area (Å²) in [5.74, 6) is -1.89. The topological polar surface area (TPSA) is 88.9 Å². The van der Waals surface area contributed by atoms with Crippen molar-refractivity contribution in [2.24, 2.45) is 0 Å². The Morgan fingerprint density at radius 3 is 2.62 bits per heavy atom. The lowest BCUT2D eigenvalue weighted by Crippen LogP contribution is -3.06. The Labute approximate surface area is 145 Å². The van der Waals surface area contributed by atoms with Crippen LogP contribution < -0.4 is 15.5 Å². The van der Waals surface area contributed by atoms with Crippen molar-refractivity contribution in [1.82, 2.24) is 5.32 Å². The van der Waals surface area contributed by atoms with Crippen molar-refractivity contribution >= 4 is 34.1 Å². The summed E-state index contributed by atoms with van der Waals surface area (Å²) in [6.45, 7) is 3.15. The quantitative estimate of drug-likeness (QED) is 0.480. The molecular weight excluding hydrogens is 330 g/mol. The number of nitrogens with one attached hydrogen (secondary N) is 3. The Balaban J connectivity index is 2.07. The maximum absolute atomic E-state index is 12.2. The SMILES string of the molecule is CCOC(=O)c1c(NC(=O)C(=O)NCC[NH+](C)C)sc2c1CCC2. The van der Waals surface area contributed by atoms with E-state index in [4.69, 9.17) is 4.74 Å². The number of hydrogen-bond donors (Lipinski definition) is 3. The summed E-state index contributed by atoms with van der Waals surface area (Å²) in [7, 11) is 3.93. The minimum absolute atomic E-state index is 0.268. The molecule has 0 saturated carbocycles. The van der Waals surface area contributed by atoms with Gasteiger partial charge in [0.2, 0.25) is 0 Å². The zero-order chi connectivity index (χ0) is 17.7. The van der Waals surface area contributed by atoms with E-state index >= 15 is 0 Å². The van der Waals surface area contributed by atoms with Crippen molar-refractivity contribution < 1.29 is 24.0 Å². The van der Waals surface area contributed by atoms with E-state index in [1.54, 1.807) is 6.92 Å². The first-order chi connectivity index (χ1) is 11.4. The largest absolute Gasteiger partial charge is 0.462 e. The van der Waals surface area contributed by atoms with Crippen molar-refractivity contribution in [3.63, 3.8) is 0 Å². The third kappa shape index (κ3) is 4.33. The zero-order valence-electron chi connectivity index (χ0n) is 14.3. The molecule has 7 nitrogen and oxygen atoms in total. The third-order valence-corrected chi connectivity index (χ3v) is 4.95. The molecule has 0 unspecified atom stereocenters. The fraction of sp³-hybridized carbons (Fsp3) is 0.562. The highest BCUT2D eigenvalue weighted by atomic mass is 32.1. The van der Waals surface area contributed by atoms with Crippen molar-refractivity contribution in [2.75, 3.05) is 39.1 Å². The molecule has 0 radical (unpaired) electrons. The Morgan fingerprint density at radius 2 is 1.96 bits per heavy atom. The van der Waals surface area contributed by atoms with Crippen LogP contribution in [0, 0.1) is 0 Å². The average Bonchev–Trinajstić information content (AvgIpc) is 3.07. The first-order valence-corrected chi connectivity index (χ1v) is 8.95. The summed E-state index contributed by atoms with van der Waals surface area (Å²) in [6.07, 6.45) is 2.68. The lowest BCUT2D eigenvalue weighted by atomic mass is 10.1. The number of carbonyl (C=O) groups is 3. The van der Waals surface area contributed by atoms with E-state index in [1.807, 2.05) is 14.1 Å². The second-order valence-electron chi connectivity index (χ2n) is 5.95. The molecule has 0 bridgehead atoms. The van der Waals surface area contributed by atoms with E-state index < -0.39 is 17.8 Å². The van der Waals surface area contributed by atoms with Crippen molar-refractivity contribution in [2.45, 2.75) is 26.2 Å². The second kappa shape index (κ2) is 8.25. The summed E-state index contributed by atoms with van der Waals surface area (Å²) in [5, 5.41) is 5.56. The van der Waals surface area contributed by atoms with Crippen LogP contribution in [0.1, 0.15) is 34.1 Å². The number of carbonyl (C=O) groups excluding carboxylic acids is 3. The number of esters is 1. The Bertz CT molecular complexity index is 640. The van der Waals surface area contributed by atoms with Gasteiger partial charge in [0.25, 0.3) is 0 Å². The number of ether oxygens (including phenoxy) is 1. The van der Waals surface area contributed by atoms with E-state index in [9.17, 15) is 14.4 Å². The summed E-state index contributed by atoms with van der Waals surface area (Å²) in [4.78, 5) is 38.4. The predicted octanol–water partition coefficient (Wildman–Crippen LogP) is -0.387. The lowest BCUT2D eigenvalue weighted by molar-refractivity contribution is -0.856. The molecule has 1 aromatic rings. The standard InChI is InChI=1S/C16H23N3O4S/c1-4-23-16(22)12-10-6-5-7-11(10)24-15(12)18-14(21)13(20)17-8-9-19(2)3/h4-9H2,1-3H3,(H,17,20)(H,18,21)/p+1. The normalized spacial score (nSPS) is 12.8. The van der Waals surface area contributed by atoms with Gasteiger partial charge in [-0.1, -0.05) is 0 Å². The number of thiophene rings is 1. The highest BCUT2D eigenvalue weighted by molar-refractivity contribution is 7.17. The van der Waals surface area contributed by atoms with Gasteiger partial charge in [-0.25, -0.2) is 4.79 Å². The van der Waals surface area contributed by atoms with Gasteiger partial charge in [0.05, 0.1) is 39.4 Å². The van der Waals surface area contributed by atoms with E-state index in [-0.39, 0.29) is 6.61 Å². The van der Waals surface area contributed by atoms with E-state index in [0.717, 1.165) is 36.2 Å². The molecule has 0 saturated heterocycles. The Hall–Kier alpha value is -1.93. The third-order valence-electron chi connectivity index (χ3n) is 3.74. The van der Waals surface area contributed by atoms with Crippen molar-refractivity contribution in [3.8, 4) is 0 Å². The van der Waals surface area contributed by atoms with Gasteiger partial charge in [0, 0.05) is 4.88 Å². The van der Waals surface area contributed by atoms with E-state index in [0.29, 0.717) is 17.1 Å². The Morgan fingerprint density at radius 1 is 1.21 bits per heavy atom. The number of fused-ring (bicyclic) bond motifs is 1. The summed E-state index contributed by atoms with van der Waals surface area (Å²) < 4.78 is 5.10. The monoisotopic (exact) mass is 354 g/mol. The minimum atomic E-state index is -0.755. The molecular formula is C16H24N3O4S+. The predicted molar refractivity (Wildman–Crippen MR) is 91.6 cm³/mol. The molecule has 1 heterocycles. The second-order valence-corrected chi connectivity index (χ2v) is 7.05. The van der Waals surface area contributed by atoms with Gasteiger partial charge in [0.15, 0.2) is 0 Å². The average molecular weight is 354 g/mol. The van der Waals surface area contributed by atoms with Crippen molar-refractivity contribution in [1.29, 1.82) is 0 Å². The maximum Gasteiger partial charge on any atom is 0.341 e. The molecule has 0 spiro atoms. The number of anilines is 1. The molecule has 24 heavy (non-hydrogen) atoms. The smallest absolute Gasteiger partial charge is 0.341 e. The minimum Gasteiger partial charge on any atom is -0.462 e. The van der Waals surface area contributed by atoms with E-state index in [2.05, 4.69) is 10.6 Å². The highest BCUT2D eigenvalue weighted by Gasteiger charge is 2.29. The van der Waals surface area contributed by atoms with Crippen LogP contribution in [0.25, 0.3) is 0 Å². The van der Waals surface area contributed by atoms with Gasteiger partial charge in [-0.15, -0.1) is 11.3 Å². The molecule has 2 amide bonds. The highest BCUT2D eigenvalue weighted by Crippen LogP contribution is 2.39. The summed E-state index contributed by atoms with van der Waals surface area (Å²) >= 11 is 1.36. The van der Waals surface area contributed by atoms with Crippen molar-refractivity contribution in [3.05, 3.63) is 16.0 Å². The first-order valence-electron chi connectivity index (χ1n) is 8.13. The molecule has 3 N–H and O–H groups in total. The maximum atomic E-state index is 12.2. The van der Waals surface area contributed by atoms with Gasteiger partial charge in [-0.3, -0.25) is 9.59 Å². The van der Waals surface area contributed by atoms with Crippen LogP contribution in [0.3, 0.4) is 0 Å². The summed E-state index contributed by atoms with van der Waals surface area (Å²) in [5.41, 5.74) is 1.36. The van der Waals surface area contributed by atoms with Gasteiger partial charge >= 0.3 is 17.8 Å². The molecule has 0 aromatic carbocycles. The van der Waals surface area contributed by atoms with Gasteiger partial charge in [-0.05, 0) is 31.7 Å². The number of quaternary nitrogens is 1. The van der Waals surface area contributed by atoms with Crippen LogP contribution >= 0.6 is 11.3 Å². The number of aryl methyl sites for hydroxylation is 1. The zero-order valence-corrected chi connectivity index (χ0v) is 15.1. The number of hydrogen-bond acceptors (Lipinski definition) is 5. The van der Waals surface area contributed by atoms with Crippen LogP contribution in [-0.2, 0) is 27.2 Å². The van der Waals surface area contributed by atoms with Gasteiger partial charge < -0.3 is 20.3 Å². The van der Waals surface area contributed by atoms with Gasteiger partial charge in [0.1, 0.15) is 5.00 Å². The fourth-order valence-corrected chi connectivity index (χ4v) is 3.85. The fourth-order valence-electron chi connectivity index (χ4n) is 2.58. The van der Waals surface area contributed by atoms with Crippen LogP contribution in [0.2, 0.25) is 0 Å². The van der Waals surface area contributed by atoms with Crippen LogP contribution in [0.15, 0.2) is 0 Å². The first kappa shape index (κ1) is 18.4. The lowest BCUT2D eigenvalue weighted by Gasteiger charge is -2.09. The van der Waals surface area contributed by atoms with Crippen LogP contribution in [0.4, 0.5) is 5.00 Å². The molecule has 0 fully saturated rings.